The lowest BCUT2D eigenvalue weighted by Crippen LogP contribution is -2.25. The first-order valence-electron chi connectivity index (χ1n) is 4.43. The van der Waals surface area contributed by atoms with Crippen LogP contribution in [0.25, 0.3) is 0 Å². The van der Waals surface area contributed by atoms with Crippen molar-refractivity contribution in [3.63, 3.8) is 0 Å². The van der Waals surface area contributed by atoms with Crippen LogP contribution in [0.15, 0.2) is 0 Å². The van der Waals surface area contributed by atoms with Gasteiger partial charge in [0.15, 0.2) is 0 Å². The maximum Gasteiger partial charge on any atom is 0.0190 e. The second-order valence-electron chi connectivity index (χ2n) is 5.55. The van der Waals surface area contributed by atoms with E-state index in [2.05, 4.69) is 46.4 Å². The van der Waals surface area contributed by atoms with E-state index in [9.17, 15) is 0 Å². The molecule has 0 saturated carbocycles. The summed E-state index contributed by atoms with van der Waals surface area (Å²) in [6, 6.07) is 0. The quantitative estimate of drug-likeness (QED) is 0.574. The van der Waals surface area contributed by atoms with Crippen LogP contribution in [0, 0.1) is 10.8 Å². The summed E-state index contributed by atoms with van der Waals surface area (Å²) in [5.41, 5.74) is 1.05. The molecule has 1 aliphatic heterocycles. The zero-order valence-corrected chi connectivity index (χ0v) is 9.22. The molecule has 1 heteroatoms. The lowest BCUT2D eigenvalue weighted by Gasteiger charge is -2.31. The number of rotatable bonds is 2. The molecule has 0 aromatic carbocycles. The Kier molecular flexibility index (Phi) is 2.31. The molecule has 0 nitrogen and oxygen atoms in total. The average molecular weight is 172 g/mol. The highest BCUT2D eigenvalue weighted by molar-refractivity contribution is 8.06. The van der Waals surface area contributed by atoms with Gasteiger partial charge in [-0.15, -0.1) is 0 Å². The molecule has 1 atom stereocenters. The zero-order chi connectivity index (χ0) is 8.70. The fourth-order valence-electron chi connectivity index (χ4n) is 1.98. The largest absolute Gasteiger partial charge is 0.156 e. The normalized spacial score (nSPS) is 25.4. The molecule has 1 rings (SSSR count). The first-order chi connectivity index (χ1) is 4.81. The highest BCUT2D eigenvalue weighted by Crippen LogP contribution is 2.49. The van der Waals surface area contributed by atoms with Gasteiger partial charge in [0.05, 0.1) is 0 Å². The van der Waals surface area contributed by atoms with Gasteiger partial charge in [-0.3, -0.25) is 0 Å². The average Bonchev–Trinajstić information content (AvgIpc) is 2.30. The molecule has 0 N–H and O–H groups in total. The van der Waals surface area contributed by atoms with E-state index in [0.29, 0.717) is 10.8 Å². The van der Waals surface area contributed by atoms with Crippen LogP contribution < -0.4 is 0 Å². The summed E-state index contributed by atoms with van der Waals surface area (Å²) < 4.78 is 0. The smallest absolute Gasteiger partial charge is 0.0190 e. The van der Waals surface area contributed by atoms with Gasteiger partial charge in [-0.05, 0) is 17.3 Å². The lowest BCUT2D eigenvalue weighted by molar-refractivity contribution is 0.221. The molecule has 66 valence electrons. The molecule has 0 bridgehead atoms. The highest BCUT2D eigenvalue weighted by atomic mass is 32.2. The van der Waals surface area contributed by atoms with Crippen LogP contribution in [0.2, 0.25) is 0 Å². The van der Waals surface area contributed by atoms with Crippen molar-refractivity contribution in [2.45, 2.75) is 46.3 Å². The molecule has 0 radical (unpaired) electrons. The van der Waals surface area contributed by atoms with Crippen molar-refractivity contribution in [2.75, 3.05) is 5.75 Å². The van der Waals surface area contributed by atoms with E-state index in [-0.39, 0.29) is 0 Å². The van der Waals surface area contributed by atoms with Crippen LogP contribution in [0.1, 0.15) is 41.0 Å². The predicted molar refractivity (Wildman–Crippen MR) is 54.1 cm³/mol. The second-order valence-corrected chi connectivity index (χ2v) is 6.78. The second kappa shape index (κ2) is 2.69. The summed E-state index contributed by atoms with van der Waals surface area (Å²) in [5.74, 6) is 1.39. The summed E-state index contributed by atoms with van der Waals surface area (Å²) in [5, 5.41) is 0.946. The Hall–Kier alpha value is 0.350. The lowest BCUT2D eigenvalue weighted by atomic mass is 9.75. The van der Waals surface area contributed by atoms with Crippen molar-refractivity contribution in [1.29, 1.82) is 0 Å². The van der Waals surface area contributed by atoms with Crippen LogP contribution >= 0.6 is 11.8 Å². The van der Waals surface area contributed by atoms with Crippen LogP contribution in [-0.4, -0.2) is 11.0 Å². The van der Waals surface area contributed by atoms with Gasteiger partial charge in [0.2, 0.25) is 0 Å². The Bertz CT molecular complexity index is 137. The minimum absolute atomic E-state index is 0.493. The summed E-state index contributed by atoms with van der Waals surface area (Å²) in [6.07, 6.45) is 1.34. The molecule has 1 heterocycles. The highest BCUT2D eigenvalue weighted by Gasteiger charge is 2.40. The molecule has 0 aromatic rings. The minimum atomic E-state index is 0.493. The van der Waals surface area contributed by atoms with Gasteiger partial charge in [0, 0.05) is 11.0 Å². The monoisotopic (exact) mass is 172 g/mol. The Morgan fingerprint density at radius 2 is 1.64 bits per heavy atom. The SMILES string of the molecule is CC(C)(C)CC(C)(C)C1CS1. The van der Waals surface area contributed by atoms with Crippen LogP contribution in [0.3, 0.4) is 0 Å². The Labute approximate surface area is 75.1 Å². The van der Waals surface area contributed by atoms with Gasteiger partial charge in [-0.2, -0.15) is 11.8 Å². The van der Waals surface area contributed by atoms with E-state index >= 15 is 0 Å². The van der Waals surface area contributed by atoms with E-state index in [1.54, 1.807) is 0 Å². The number of hydrogen-bond acceptors (Lipinski definition) is 1. The third-order valence-corrected chi connectivity index (χ3v) is 3.50. The first kappa shape index (κ1) is 9.44. The van der Waals surface area contributed by atoms with Gasteiger partial charge in [0.1, 0.15) is 0 Å². The van der Waals surface area contributed by atoms with Gasteiger partial charge in [-0.25, -0.2) is 0 Å². The fraction of sp³-hybridized carbons (Fsp3) is 1.00. The molecular formula is C10H20S. The maximum absolute atomic E-state index is 2.41. The first-order valence-corrected chi connectivity index (χ1v) is 5.48. The van der Waals surface area contributed by atoms with E-state index in [4.69, 9.17) is 0 Å². The van der Waals surface area contributed by atoms with Gasteiger partial charge in [0.25, 0.3) is 0 Å². The van der Waals surface area contributed by atoms with E-state index in [0.717, 1.165) is 5.25 Å². The molecule has 0 aromatic heterocycles. The van der Waals surface area contributed by atoms with Crippen LogP contribution in [-0.2, 0) is 0 Å². The number of hydrogen-bond donors (Lipinski definition) is 0. The Morgan fingerprint density at radius 3 is 1.91 bits per heavy atom. The van der Waals surface area contributed by atoms with E-state index < -0.39 is 0 Å². The van der Waals surface area contributed by atoms with Crippen LogP contribution in [0.5, 0.6) is 0 Å². The molecular weight excluding hydrogens is 152 g/mol. The molecule has 1 saturated heterocycles. The molecule has 0 aliphatic carbocycles. The predicted octanol–water partition coefficient (Wildman–Crippen LogP) is 3.56. The summed E-state index contributed by atoms with van der Waals surface area (Å²) >= 11 is 2.12. The standard InChI is InChI=1S/C10H20S/c1-9(2,3)7-10(4,5)8-6-11-8/h8H,6-7H2,1-5H3. The van der Waals surface area contributed by atoms with Crippen molar-refractivity contribution in [1.82, 2.24) is 0 Å². The molecule has 11 heavy (non-hydrogen) atoms. The van der Waals surface area contributed by atoms with E-state index in [1.807, 2.05) is 0 Å². The van der Waals surface area contributed by atoms with Gasteiger partial charge >= 0.3 is 0 Å². The van der Waals surface area contributed by atoms with Crippen molar-refractivity contribution in [3.8, 4) is 0 Å². The summed E-state index contributed by atoms with van der Waals surface area (Å²) in [6.45, 7) is 11.8. The molecule has 1 unspecified atom stereocenters. The fourth-order valence-corrected chi connectivity index (χ4v) is 3.06. The van der Waals surface area contributed by atoms with Crippen molar-refractivity contribution < 1.29 is 0 Å². The van der Waals surface area contributed by atoms with Crippen molar-refractivity contribution in [3.05, 3.63) is 0 Å². The third-order valence-electron chi connectivity index (χ3n) is 2.19. The maximum atomic E-state index is 2.41. The topological polar surface area (TPSA) is 0 Å². The van der Waals surface area contributed by atoms with Crippen molar-refractivity contribution >= 4 is 11.8 Å². The molecule has 1 aliphatic rings. The molecule has 0 amide bonds. The van der Waals surface area contributed by atoms with Gasteiger partial charge < -0.3 is 0 Å². The Morgan fingerprint density at radius 1 is 1.18 bits per heavy atom. The molecule has 1 fully saturated rings. The summed E-state index contributed by atoms with van der Waals surface area (Å²) in [4.78, 5) is 0. The van der Waals surface area contributed by atoms with Crippen molar-refractivity contribution in [2.24, 2.45) is 10.8 Å². The third kappa shape index (κ3) is 3.06. The zero-order valence-electron chi connectivity index (χ0n) is 8.40. The number of thioether (sulfide) groups is 1. The minimum Gasteiger partial charge on any atom is -0.156 e. The summed E-state index contributed by atoms with van der Waals surface area (Å²) in [7, 11) is 0. The van der Waals surface area contributed by atoms with E-state index in [1.165, 1.54) is 12.2 Å². The Balaban J connectivity index is 2.45. The van der Waals surface area contributed by atoms with Gasteiger partial charge in [-0.1, -0.05) is 34.6 Å². The van der Waals surface area contributed by atoms with Crippen LogP contribution in [0.4, 0.5) is 0 Å². The molecule has 0 spiro atoms.